The normalized spacial score (nSPS) is 11.3. The highest BCUT2D eigenvalue weighted by atomic mass is 16.5. The van der Waals surface area contributed by atoms with Gasteiger partial charge in [-0.1, -0.05) is 32.9 Å². The van der Waals surface area contributed by atoms with Crippen LogP contribution >= 0.6 is 0 Å². The third-order valence-corrected chi connectivity index (χ3v) is 3.27. The molecule has 22 heavy (non-hydrogen) atoms. The molecule has 0 saturated heterocycles. The fraction of sp³-hybridized carbons (Fsp3) is 0.312. The van der Waals surface area contributed by atoms with Gasteiger partial charge in [0.05, 0.1) is 12.8 Å². The van der Waals surface area contributed by atoms with Crippen molar-refractivity contribution in [2.75, 3.05) is 7.11 Å². The lowest BCUT2D eigenvalue weighted by Crippen LogP contribution is -2.23. The van der Waals surface area contributed by atoms with Gasteiger partial charge in [0.2, 0.25) is 5.69 Å². The van der Waals surface area contributed by atoms with E-state index >= 15 is 0 Å². The first kappa shape index (κ1) is 15.8. The number of ether oxygens (including phenoxy) is 1. The summed E-state index contributed by atoms with van der Waals surface area (Å²) >= 11 is 0. The van der Waals surface area contributed by atoms with Crippen molar-refractivity contribution >= 4 is 5.97 Å². The maximum absolute atomic E-state index is 12.0. The maximum Gasteiger partial charge on any atom is 0.362 e. The van der Waals surface area contributed by atoms with Crippen LogP contribution in [0, 0.1) is 0 Å². The third-order valence-electron chi connectivity index (χ3n) is 3.27. The Morgan fingerprint density at radius 2 is 1.82 bits per heavy atom. The molecule has 1 heterocycles. The van der Waals surface area contributed by atoms with Crippen LogP contribution in [0.1, 0.15) is 36.8 Å². The van der Waals surface area contributed by atoms with E-state index in [1.165, 1.54) is 7.11 Å². The van der Waals surface area contributed by atoms with Crippen LogP contribution in [0.25, 0.3) is 5.69 Å². The molecule has 1 aromatic carbocycles. The minimum Gasteiger partial charge on any atom is -0.505 e. The van der Waals surface area contributed by atoms with E-state index in [4.69, 9.17) is 0 Å². The molecule has 0 radical (unpaired) electrons. The van der Waals surface area contributed by atoms with Gasteiger partial charge in [0.1, 0.15) is 0 Å². The monoisotopic (exact) mass is 302 g/mol. The number of hydrogen-bond donors (Lipinski definition) is 1. The highest BCUT2D eigenvalue weighted by Crippen LogP contribution is 2.23. The molecule has 0 spiro atoms. The molecule has 0 amide bonds. The molecule has 6 nitrogen and oxygen atoms in total. The van der Waals surface area contributed by atoms with Gasteiger partial charge < -0.3 is 9.84 Å². The second-order valence-corrected chi connectivity index (χ2v) is 5.92. The molecule has 0 saturated carbocycles. The van der Waals surface area contributed by atoms with Crippen LogP contribution in [-0.2, 0) is 10.2 Å². The molecule has 116 valence electrons. The molecule has 0 bridgehead atoms. The van der Waals surface area contributed by atoms with Gasteiger partial charge in [0, 0.05) is 6.07 Å². The summed E-state index contributed by atoms with van der Waals surface area (Å²) in [7, 11) is 1.18. The topological polar surface area (TPSA) is 81.4 Å². The molecule has 2 aromatic rings. The Morgan fingerprint density at radius 3 is 2.32 bits per heavy atom. The van der Waals surface area contributed by atoms with Crippen LogP contribution in [0.4, 0.5) is 0 Å². The Bertz CT molecular complexity index is 755. The van der Waals surface area contributed by atoms with E-state index in [2.05, 4.69) is 30.6 Å². The van der Waals surface area contributed by atoms with Crippen LogP contribution < -0.4 is 5.56 Å². The predicted molar refractivity (Wildman–Crippen MR) is 81.5 cm³/mol. The number of aromatic hydroxyl groups is 1. The van der Waals surface area contributed by atoms with Crippen molar-refractivity contribution in [2.24, 2.45) is 0 Å². The number of hydrogen-bond acceptors (Lipinski definition) is 5. The quantitative estimate of drug-likeness (QED) is 0.858. The van der Waals surface area contributed by atoms with Gasteiger partial charge in [-0.25, -0.2) is 4.79 Å². The number of carbonyl (C=O) groups is 1. The number of aromatic nitrogens is 2. The highest BCUT2D eigenvalue weighted by Gasteiger charge is 2.18. The zero-order chi connectivity index (χ0) is 16.5. The molecule has 1 aromatic heterocycles. The summed E-state index contributed by atoms with van der Waals surface area (Å²) in [6.07, 6.45) is 0. The summed E-state index contributed by atoms with van der Waals surface area (Å²) in [6.45, 7) is 6.26. The Kier molecular flexibility index (Phi) is 4.03. The van der Waals surface area contributed by atoms with Crippen molar-refractivity contribution in [1.29, 1.82) is 0 Å². The summed E-state index contributed by atoms with van der Waals surface area (Å²) in [5, 5.41) is 13.5. The summed E-state index contributed by atoms with van der Waals surface area (Å²) in [5.74, 6) is -1.31. The zero-order valence-electron chi connectivity index (χ0n) is 13.0. The van der Waals surface area contributed by atoms with Crippen LogP contribution in [0.3, 0.4) is 0 Å². The van der Waals surface area contributed by atoms with E-state index in [9.17, 15) is 14.7 Å². The highest BCUT2D eigenvalue weighted by molar-refractivity contribution is 5.89. The first-order valence-electron chi connectivity index (χ1n) is 6.76. The molecule has 0 aliphatic carbocycles. The largest absolute Gasteiger partial charge is 0.505 e. The van der Waals surface area contributed by atoms with Crippen LogP contribution in [0.15, 0.2) is 35.1 Å². The Hall–Kier alpha value is -2.63. The number of rotatable bonds is 2. The zero-order valence-corrected chi connectivity index (χ0v) is 13.0. The van der Waals surface area contributed by atoms with Crippen LogP contribution in [0.5, 0.6) is 5.75 Å². The van der Waals surface area contributed by atoms with Crippen LogP contribution in [0.2, 0.25) is 0 Å². The second-order valence-electron chi connectivity index (χ2n) is 5.92. The van der Waals surface area contributed by atoms with E-state index in [-0.39, 0.29) is 11.1 Å². The van der Waals surface area contributed by atoms with Gasteiger partial charge in [-0.15, -0.1) is 0 Å². The molecule has 0 unspecified atom stereocenters. The van der Waals surface area contributed by atoms with Gasteiger partial charge in [-0.2, -0.15) is 9.78 Å². The third kappa shape index (κ3) is 3.00. The smallest absolute Gasteiger partial charge is 0.362 e. The van der Waals surface area contributed by atoms with E-state index in [0.717, 1.165) is 16.3 Å². The van der Waals surface area contributed by atoms with E-state index in [0.29, 0.717) is 5.69 Å². The lowest BCUT2D eigenvalue weighted by atomic mass is 9.87. The standard InChI is InChI=1S/C16H18N2O4/c1-16(2,3)10-5-7-11(8-6-10)18-13(20)9-12(19)14(17-18)15(21)22-4/h5-9,19H,1-4H3. The van der Waals surface area contributed by atoms with Crippen molar-refractivity contribution in [1.82, 2.24) is 9.78 Å². The lowest BCUT2D eigenvalue weighted by Gasteiger charge is -2.19. The lowest BCUT2D eigenvalue weighted by molar-refractivity contribution is 0.0588. The molecular weight excluding hydrogens is 284 g/mol. The molecular formula is C16H18N2O4. The summed E-state index contributed by atoms with van der Waals surface area (Å²) in [5.41, 5.74) is 0.762. The van der Waals surface area contributed by atoms with Gasteiger partial charge in [-0.3, -0.25) is 4.79 Å². The number of esters is 1. The summed E-state index contributed by atoms with van der Waals surface area (Å²) in [4.78, 5) is 23.5. The number of carbonyl (C=O) groups excluding carboxylic acids is 1. The van der Waals surface area contributed by atoms with E-state index < -0.39 is 17.3 Å². The van der Waals surface area contributed by atoms with Crippen molar-refractivity contribution in [2.45, 2.75) is 26.2 Å². The van der Waals surface area contributed by atoms with Gasteiger partial charge in [0.25, 0.3) is 5.56 Å². The maximum atomic E-state index is 12.0. The predicted octanol–water partition coefficient (Wildman–Crippen LogP) is 2.02. The molecule has 0 atom stereocenters. The summed E-state index contributed by atoms with van der Waals surface area (Å²) < 4.78 is 5.59. The van der Waals surface area contributed by atoms with Crippen molar-refractivity contribution in [3.8, 4) is 11.4 Å². The molecule has 0 aliphatic heterocycles. The van der Waals surface area contributed by atoms with Crippen molar-refractivity contribution in [3.05, 3.63) is 51.9 Å². The van der Waals surface area contributed by atoms with Gasteiger partial charge >= 0.3 is 5.97 Å². The SMILES string of the molecule is COC(=O)c1nn(-c2ccc(C(C)(C)C)cc2)c(=O)cc1O. The van der Waals surface area contributed by atoms with E-state index in [1.807, 2.05) is 12.1 Å². The number of benzene rings is 1. The van der Waals surface area contributed by atoms with Gasteiger partial charge in [-0.05, 0) is 23.1 Å². The Balaban J connectivity index is 2.53. The summed E-state index contributed by atoms with van der Waals surface area (Å²) in [6, 6.07) is 8.22. The van der Waals surface area contributed by atoms with Crippen molar-refractivity contribution < 1.29 is 14.6 Å². The second kappa shape index (κ2) is 5.63. The first-order chi connectivity index (χ1) is 10.2. The van der Waals surface area contributed by atoms with Crippen LogP contribution in [-0.4, -0.2) is 28.0 Å². The molecule has 1 N–H and O–H groups in total. The molecule has 2 rings (SSSR count). The van der Waals surface area contributed by atoms with E-state index in [1.54, 1.807) is 12.1 Å². The number of nitrogens with zero attached hydrogens (tertiary/aromatic N) is 2. The average Bonchev–Trinajstić information content (AvgIpc) is 2.46. The molecule has 0 aliphatic rings. The Morgan fingerprint density at radius 1 is 1.23 bits per heavy atom. The van der Waals surface area contributed by atoms with Gasteiger partial charge in [0.15, 0.2) is 5.75 Å². The minimum atomic E-state index is -0.808. The Labute approximate surface area is 128 Å². The molecule has 0 fully saturated rings. The fourth-order valence-corrected chi connectivity index (χ4v) is 1.98. The number of methoxy groups -OCH3 is 1. The minimum absolute atomic E-state index is 0.0109. The fourth-order valence-electron chi connectivity index (χ4n) is 1.98. The first-order valence-corrected chi connectivity index (χ1v) is 6.76. The molecule has 6 heteroatoms. The van der Waals surface area contributed by atoms with Crippen molar-refractivity contribution in [3.63, 3.8) is 0 Å². The average molecular weight is 302 g/mol.